The second-order valence-corrected chi connectivity index (χ2v) is 6.48. The lowest BCUT2D eigenvalue weighted by Crippen LogP contribution is -2.39. The highest BCUT2D eigenvalue weighted by molar-refractivity contribution is 4.74. The Morgan fingerprint density at radius 2 is 1.50 bits per heavy atom. The van der Waals surface area contributed by atoms with Crippen molar-refractivity contribution in [1.29, 1.82) is 0 Å². The average Bonchev–Trinajstić information content (AvgIpc) is 2.45. The summed E-state index contributed by atoms with van der Waals surface area (Å²) in [7, 11) is 2.32. The van der Waals surface area contributed by atoms with Crippen LogP contribution in [0.15, 0.2) is 0 Å². The highest BCUT2D eigenvalue weighted by atomic mass is 15.1. The fraction of sp³-hybridized carbons (Fsp3) is 1.00. The third-order valence-electron chi connectivity index (χ3n) is 5.00. The summed E-state index contributed by atoms with van der Waals surface area (Å²) >= 11 is 0. The molecule has 0 atom stereocenters. The predicted octanol–water partition coefficient (Wildman–Crippen LogP) is 3.42. The topological polar surface area (TPSA) is 15.3 Å². The Balaban J connectivity index is 1.51. The van der Waals surface area contributed by atoms with Crippen LogP contribution in [0, 0.1) is 5.92 Å². The van der Waals surface area contributed by atoms with Crippen molar-refractivity contribution in [3.63, 3.8) is 0 Å². The first-order chi connectivity index (χ1) is 8.86. The lowest BCUT2D eigenvalue weighted by Gasteiger charge is -2.31. The van der Waals surface area contributed by atoms with Crippen molar-refractivity contribution in [3.05, 3.63) is 0 Å². The first kappa shape index (κ1) is 14.3. The standard InChI is InChI=1S/C16H32N2/c1-18(16-10-6-3-7-11-16)13-12-17-14-15-8-4-2-5-9-15/h15-17H,2-14H2,1H3. The molecule has 0 heterocycles. The molecule has 106 valence electrons. The van der Waals surface area contributed by atoms with Gasteiger partial charge >= 0.3 is 0 Å². The SMILES string of the molecule is CN(CCNCC1CCCCC1)C1CCCCC1. The van der Waals surface area contributed by atoms with E-state index in [1.807, 2.05) is 0 Å². The maximum absolute atomic E-state index is 3.68. The minimum Gasteiger partial charge on any atom is -0.315 e. The Hall–Kier alpha value is -0.0800. The van der Waals surface area contributed by atoms with Crippen LogP contribution in [-0.4, -0.2) is 37.6 Å². The molecule has 0 bridgehead atoms. The molecule has 18 heavy (non-hydrogen) atoms. The first-order valence-corrected chi connectivity index (χ1v) is 8.27. The maximum atomic E-state index is 3.68. The van der Waals surface area contributed by atoms with E-state index < -0.39 is 0 Å². The number of nitrogens with zero attached hydrogens (tertiary/aromatic N) is 1. The summed E-state index contributed by atoms with van der Waals surface area (Å²) in [6, 6.07) is 0.871. The minimum absolute atomic E-state index is 0.871. The van der Waals surface area contributed by atoms with Crippen molar-refractivity contribution in [2.75, 3.05) is 26.7 Å². The molecule has 1 N–H and O–H groups in total. The molecule has 0 radical (unpaired) electrons. The molecule has 2 fully saturated rings. The number of rotatable bonds is 6. The van der Waals surface area contributed by atoms with Gasteiger partial charge in [-0.15, -0.1) is 0 Å². The van der Waals surface area contributed by atoms with Gasteiger partial charge in [-0.1, -0.05) is 38.5 Å². The number of hydrogen-bond acceptors (Lipinski definition) is 2. The summed E-state index contributed by atoms with van der Waals surface area (Å²) in [5.74, 6) is 0.971. The second-order valence-electron chi connectivity index (χ2n) is 6.48. The van der Waals surface area contributed by atoms with Crippen LogP contribution in [0.1, 0.15) is 64.2 Å². The number of likely N-dealkylation sites (N-methyl/N-ethyl adjacent to an activating group) is 1. The lowest BCUT2D eigenvalue weighted by atomic mass is 9.89. The molecule has 2 heteroatoms. The highest BCUT2D eigenvalue weighted by Gasteiger charge is 2.17. The molecule has 0 aromatic carbocycles. The van der Waals surface area contributed by atoms with Crippen molar-refractivity contribution in [2.24, 2.45) is 5.92 Å². The van der Waals surface area contributed by atoms with Gasteiger partial charge in [0.15, 0.2) is 0 Å². The van der Waals surface area contributed by atoms with E-state index >= 15 is 0 Å². The largest absolute Gasteiger partial charge is 0.315 e. The first-order valence-electron chi connectivity index (χ1n) is 8.27. The summed E-state index contributed by atoms with van der Waals surface area (Å²) in [6.45, 7) is 3.68. The predicted molar refractivity (Wildman–Crippen MR) is 78.9 cm³/mol. The number of hydrogen-bond donors (Lipinski definition) is 1. The molecule has 0 saturated heterocycles. The molecule has 0 spiro atoms. The van der Waals surface area contributed by atoms with Crippen LogP contribution < -0.4 is 5.32 Å². The van der Waals surface area contributed by atoms with E-state index in [-0.39, 0.29) is 0 Å². The molecule has 2 rings (SSSR count). The van der Waals surface area contributed by atoms with Crippen molar-refractivity contribution in [2.45, 2.75) is 70.3 Å². The summed E-state index contributed by atoms with van der Waals surface area (Å²) in [5, 5.41) is 3.68. The van der Waals surface area contributed by atoms with Crippen LogP contribution >= 0.6 is 0 Å². The Bertz CT molecular complexity index is 205. The van der Waals surface area contributed by atoms with Gasteiger partial charge in [0, 0.05) is 19.1 Å². The third kappa shape index (κ3) is 4.89. The van der Waals surface area contributed by atoms with Crippen LogP contribution in [0.4, 0.5) is 0 Å². The van der Waals surface area contributed by atoms with Gasteiger partial charge in [0.25, 0.3) is 0 Å². The van der Waals surface area contributed by atoms with E-state index in [2.05, 4.69) is 17.3 Å². The van der Waals surface area contributed by atoms with Crippen molar-refractivity contribution < 1.29 is 0 Å². The Labute approximate surface area is 114 Å². The van der Waals surface area contributed by atoms with E-state index in [1.54, 1.807) is 0 Å². The quantitative estimate of drug-likeness (QED) is 0.729. The van der Waals surface area contributed by atoms with Crippen molar-refractivity contribution in [1.82, 2.24) is 10.2 Å². The Morgan fingerprint density at radius 3 is 2.17 bits per heavy atom. The molecule has 2 saturated carbocycles. The molecule has 0 aromatic heterocycles. The van der Waals surface area contributed by atoms with Gasteiger partial charge in [-0.25, -0.2) is 0 Å². The normalized spacial score (nSPS) is 23.7. The molecule has 2 aliphatic rings. The highest BCUT2D eigenvalue weighted by Crippen LogP contribution is 2.23. The summed E-state index contributed by atoms with van der Waals surface area (Å²) in [5.41, 5.74) is 0. The van der Waals surface area contributed by atoms with Crippen molar-refractivity contribution >= 4 is 0 Å². The van der Waals surface area contributed by atoms with Crippen LogP contribution in [0.3, 0.4) is 0 Å². The molecule has 0 amide bonds. The fourth-order valence-corrected chi connectivity index (χ4v) is 3.66. The number of nitrogens with one attached hydrogen (secondary N) is 1. The molecule has 2 aliphatic carbocycles. The smallest absolute Gasteiger partial charge is 0.0107 e. The van der Waals surface area contributed by atoms with Gasteiger partial charge in [0.2, 0.25) is 0 Å². The zero-order chi connectivity index (χ0) is 12.6. The zero-order valence-electron chi connectivity index (χ0n) is 12.3. The second kappa shape index (κ2) is 8.16. The van der Waals surface area contributed by atoms with Gasteiger partial charge in [-0.05, 0) is 45.2 Å². The molecule has 2 nitrogen and oxygen atoms in total. The molecular weight excluding hydrogens is 220 g/mol. The summed E-state index contributed by atoms with van der Waals surface area (Å²) in [4.78, 5) is 2.59. The monoisotopic (exact) mass is 252 g/mol. The maximum Gasteiger partial charge on any atom is 0.0107 e. The molecule has 0 aliphatic heterocycles. The molecular formula is C16H32N2. The van der Waals surface area contributed by atoms with Gasteiger partial charge in [0.05, 0.1) is 0 Å². The average molecular weight is 252 g/mol. The Morgan fingerprint density at radius 1 is 0.889 bits per heavy atom. The van der Waals surface area contributed by atoms with E-state index in [0.717, 1.165) is 12.0 Å². The van der Waals surface area contributed by atoms with Gasteiger partial charge < -0.3 is 10.2 Å². The lowest BCUT2D eigenvalue weighted by molar-refractivity contribution is 0.190. The van der Waals surface area contributed by atoms with Gasteiger partial charge in [-0.3, -0.25) is 0 Å². The molecule has 0 unspecified atom stereocenters. The van der Waals surface area contributed by atoms with Crippen LogP contribution in [0.5, 0.6) is 0 Å². The third-order valence-corrected chi connectivity index (χ3v) is 5.00. The van der Waals surface area contributed by atoms with Crippen LogP contribution in [0.2, 0.25) is 0 Å². The fourth-order valence-electron chi connectivity index (χ4n) is 3.66. The van der Waals surface area contributed by atoms with Crippen molar-refractivity contribution in [3.8, 4) is 0 Å². The van der Waals surface area contributed by atoms with Gasteiger partial charge in [-0.2, -0.15) is 0 Å². The zero-order valence-corrected chi connectivity index (χ0v) is 12.3. The Kier molecular flexibility index (Phi) is 6.50. The summed E-state index contributed by atoms with van der Waals surface area (Å²) in [6.07, 6.45) is 14.6. The molecule has 0 aromatic rings. The van der Waals surface area contributed by atoms with E-state index in [4.69, 9.17) is 0 Å². The van der Waals surface area contributed by atoms with E-state index in [1.165, 1.54) is 83.8 Å². The minimum atomic E-state index is 0.871. The van der Waals surface area contributed by atoms with E-state index in [9.17, 15) is 0 Å². The van der Waals surface area contributed by atoms with E-state index in [0.29, 0.717) is 0 Å². The summed E-state index contributed by atoms with van der Waals surface area (Å²) < 4.78 is 0. The van der Waals surface area contributed by atoms with Crippen LogP contribution in [-0.2, 0) is 0 Å². The van der Waals surface area contributed by atoms with Gasteiger partial charge in [0.1, 0.15) is 0 Å². The van der Waals surface area contributed by atoms with Crippen LogP contribution in [0.25, 0.3) is 0 Å².